The molecular formula is C12H15ClN2O3. The van der Waals surface area contributed by atoms with E-state index in [0.717, 1.165) is 19.4 Å². The Morgan fingerprint density at radius 2 is 2.33 bits per heavy atom. The largest absolute Gasteiger partial charge is 0.392 e. The van der Waals surface area contributed by atoms with E-state index in [1.165, 1.54) is 12.1 Å². The minimum atomic E-state index is -0.397. The quantitative estimate of drug-likeness (QED) is 0.675. The van der Waals surface area contributed by atoms with Gasteiger partial charge in [0, 0.05) is 29.7 Å². The number of likely N-dealkylation sites (tertiary alicyclic amines) is 1. The molecule has 0 amide bonds. The Labute approximate surface area is 110 Å². The number of halogens is 1. The molecule has 1 aliphatic heterocycles. The van der Waals surface area contributed by atoms with Gasteiger partial charge >= 0.3 is 0 Å². The second-order valence-corrected chi connectivity index (χ2v) is 5.00. The van der Waals surface area contributed by atoms with Gasteiger partial charge in [-0.1, -0.05) is 11.6 Å². The van der Waals surface area contributed by atoms with Gasteiger partial charge in [0.25, 0.3) is 5.69 Å². The van der Waals surface area contributed by atoms with Crippen molar-refractivity contribution in [3.63, 3.8) is 0 Å². The maximum absolute atomic E-state index is 10.9. The summed E-state index contributed by atoms with van der Waals surface area (Å²) >= 11 is 5.88. The number of hydrogen-bond donors (Lipinski definition) is 1. The zero-order chi connectivity index (χ0) is 13.1. The lowest BCUT2D eigenvalue weighted by atomic mass is 10.1. The monoisotopic (exact) mass is 270 g/mol. The Bertz CT molecular complexity index is 453. The van der Waals surface area contributed by atoms with Crippen LogP contribution in [0, 0.1) is 10.1 Å². The van der Waals surface area contributed by atoms with Crippen LogP contribution in [0.25, 0.3) is 0 Å². The molecule has 0 aliphatic carbocycles. The van der Waals surface area contributed by atoms with Crippen LogP contribution in [0.3, 0.4) is 0 Å². The highest BCUT2D eigenvalue weighted by molar-refractivity contribution is 6.30. The molecule has 0 radical (unpaired) electrons. The molecule has 98 valence electrons. The fourth-order valence-electron chi connectivity index (χ4n) is 2.27. The number of nitro groups is 1. The van der Waals surface area contributed by atoms with Gasteiger partial charge < -0.3 is 5.11 Å². The molecule has 0 unspecified atom stereocenters. The molecule has 1 saturated heterocycles. The lowest BCUT2D eigenvalue weighted by molar-refractivity contribution is -0.385. The third kappa shape index (κ3) is 3.19. The number of aliphatic hydroxyl groups excluding tert-OH is 1. The molecule has 18 heavy (non-hydrogen) atoms. The lowest BCUT2D eigenvalue weighted by Gasteiger charge is -2.29. The summed E-state index contributed by atoms with van der Waals surface area (Å²) in [5.41, 5.74) is 0.682. The molecule has 1 N–H and O–H groups in total. The number of nitrogens with zero attached hydrogens (tertiary/aromatic N) is 2. The average molecular weight is 271 g/mol. The fraction of sp³-hybridized carbons (Fsp3) is 0.500. The zero-order valence-corrected chi connectivity index (χ0v) is 10.6. The smallest absolute Gasteiger partial charge is 0.273 e. The molecular weight excluding hydrogens is 256 g/mol. The third-order valence-corrected chi connectivity index (χ3v) is 3.35. The number of hydrogen-bond acceptors (Lipinski definition) is 4. The topological polar surface area (TPSA) is 66.6 Å². The molecule has 0 saturated carbocycles. The highest BCUT2D eigenvalue weighted by Crippen LogP contribution is 2.25. The minimum Gasteiger partial charge on any atom is -0.392 e. The Morgan fingerprint density at radius 3 is 3.00 bits per heavy atom. The summed E-state index contributed by atoms with van der Waals surface area (Å²) < 4.78 is 0. The van der Waals surface area contributed by atoms with E-state index in [2.05, 4.69) is 0 Å². The summed E-state index contributed by atoms with van der Waals surface area (Å²) in [5.74, 6) is 0. The van der Waals surface area contributed by atoms with E-state index < -0.39 is 4.92 Å². The summed E-state index contributed by atoms with van der Waals surface area (Å²) in [6.07, 6.45) is 1.38. The maximum Gasteiger partial charge on any atom is 0.273 e. The Balaban J connectivity index is 2.16. The van der Waals surface area contributed by atoms with E-state index in [-0.39, 0.29) is 11.8 Å². The van der Waals surface area contributed by atoms with Gasteiger partial charge in [-0.2, -0.15) is 0 Å². The van der Waals surface area contributed by atoms with Crippen molar-refractivity contribution >= 4 is 17.3 Å². The highest BCUT2D eigenvalue weighted by Gasteiger charge is 2.21. The first-order valence-corrected chi connectivity index (χ1v) is 6.27. The standard InChI is InChI=1S/C12H15ClN2O3/c13-10-3-4-12(15(17)18)9(6-10)7-14-5-1-2-11(16)8-14/h3-4,6,11,16H,1-2,5,7-8H2/t11-/m0/s1. The molecule has 1 aromatic carbocycles. The van der Waals surface area contributed by atoms with Gasteiger partial charge in [0.2, 0.25) is 0 Å². The molecule has 1 aromatic rings. The summed E-state index contributed by atoms with van der Waals surface area (Å²) in [7, 11) is 0. The van der Waals surface area contributed by atoms with Crippen LogP contribution < -0.4 is 0 Å². The molecule has 6 heteroatoms. The third-order valence-electron chi connectivity index (χ3n) is 3.11. The van der Waals surface area contributed by atoms with E-state index in [9.17, 15) is 15.2 Å². The van der Waals surface area contributed by atoms with Crippen LogP contribution in [0.2, 0.25) is 5.02 Å². The van der Waals surface area contributed by atoms with Crippen LogP contribution >= 0.6 is 11.6 Å². The van der Waals surface area contributed by atoms with Crippen LogP contribution in [0.4, 0.5) is 5.69 Å². The fourth-order valence-corrected chi connectivity index (χ4v) is 2.47. The van der Waals surface area contributed by atoms with Crippen molar-refractivity contribution in [3.8, 4) is 0 Å². The van der Waals surface area contributed by atoms with E-state index in [4.69, 9.17) is 11.6 Å². The number of nitro benzene ring substituents is 1. The van der Waals surface area contributed by atoms with E-state index >= 15 is 0 Å². The number of benzene rings is 1. The van der Waals surface area contributed by atoms with Crippen LogP contribution in [0.15, 0.2) is 18.2 Å². The first-order chi connectivity index (χ1) is 8.56. The van der Waals surface area contributed by atoms with Crippen molar-refractivity contribution in [2.24, 2.45) is 0 Å². The van der Waals surface area contributed by atoms with Crippen LogP contribution in [-0.4, -0.2) is 34.1 Å². The molecule has 0 aromatic heterocycles. The normalized spacial score (nSPS) is 20.9. The lowest BCUT2D eigenvalue weighted by Crippen LogP contribution is -2.37. The predicted molar refractivity (Wildman–Crippen MR) is 68.6 cm³/mol. The van der Waals surface area contributed by atoms with E-state index in [1.807, 2.05) is 4.90 Å². The summed E-state index contributed by atoms with van der Waals surface area (Å²) in [5, 5.41) is 21.0. The maximum atomic E-state index is 10.9. The van der Waals surface area contributed by atoms with Crippen molar-refractivity contribution in [1.82, 2.24) is 4.90 Å². The van der Waals surface area contributed by atoms with Crippen LogP contribution in [0.5, 0.6) is 0 Å². The Hall–Kier alpha value is -1.17. The zero-order valence-electron chi connectivity index (χ0n) is 9.88. The van der Waals surface area contributed by atoms with Crippen molar-refractivity contribution in [2.75, 3.05) is 13.1 Å². The molecule has 1 heterocycles. The second-order valence-electron chi connectivity index (χ2n) is 4.56. The van der Waals surface area contributed by atoms with Crippen molar-refractivity contribution in [2.45, 2.75) is 25.5 Å². The highest BCUT2D eigenvalue weighted by atomic mass is 35.5. The van der Waals surface area contributed by atoms with Gasteiger partial charge in [-0.3, -0.25) is 15.0 Å². The van der Waals surface area contributed by atoms with Gasteiger partial charge in [-0.15, -0.1) is 0 Å². The van der Waals surface area contributed by atoms with Gasteiger partial charge in [0.05, 0.1) is 11.0 Å². The van der Waals surface area contributed by atoms with Gasteiger partial charge in [0.1, 0.15) is 0 Å². The van der Waals surface area contributed by atoms with Crippen molar-refractivity contribution in [3.05, 3.63) is 38.9 Å². The summed E-state index contributed by atoms with van der Waals surface area (Å²) in [6, 6.07) is 4.58. The molecule has 1 aliphatic rings. The molecule has 0 spiro atoms. The first-order valence-electron chi connectivity index (χ1n) is 5.89. The summed E-state index contributed by atoms with van der Waals surface area (Å²) in [6.45, 7) is 1.86. The van der Waals surface area contributed by atoms with Gasteiger partial charge in [-0.05, 0) is 31.5 Å². The molecule has 5 nitrogen and oxygen atoms in total. The van der Waals surface area contributed by atoms with Crippen LogP contribution in [0.1, 0.15) is 18.4 Å². The van der Waals surface area contributed by atoms with E-state index in [1.54, 1.807) is 6.07 Å². The molecule has 1 fully saturated rings. The second kappa shape index (κ2) is 5.65. The predicted octanol–water partition coefficient (Wildman–Crippen LogP) is 2.20. The number of aliphatic hydroxyl groups is 1. The van der Waals surface area contributed by atoms with Gasteiger partial charge in [0.15, 0.2) is 0 Å². The molecule has 0 bridgehead atoms. The average Bonchev–Trinajstić information content (AvgIpc) is 2.28. The number of β-amino-alcohol motifs (C(OH)–C–C–N with tert-alkyl or cyclic N) is 1. The Morgan fingerprint density at radius 1 is 1.56 bits per heavy atom. The number of piperidine rings is 1. The molecule has 1 atom stereocenters. The van der Waals surface area contributed by atoms with Gasteiger partial charge in [-0.25, -0.2) is 0 Å². The summed E-state index contributed by atoms with van der Waals surface area (Å²) in [4.78, 5) is 12.6. The van der Waals surface area contributed by atoms with Crippen LogP contribution in [-0.2, 0) is 6.54 Å². The molecule has 2 rings (SSSR count). The minimum absolute atomic E-state index is 0.0828. The van der Waals surface area contributed by atoms with E-state index in [0.29, 0.717) is 23.7 Å². The van der Waals surface area contributed by atoms with Crippen molar-refractivity contribution in [1.29, 1.82) is 0 Å². The Kier molecular flexibility index (Phi) is 4.16. The first kappa shape index (κ1) is 13.3. The number of rotatable bonds is 3. The SMILES string of the molecule is O=[N+]([O-])c1ccc(Cl)cc1CN1CCC[C@H](O)C1. The van der Waals surface area contributed by atoms with Crippen molar-refractivity contribution < 1.29 is 10.0 Å².